The Hall–Kier alpha value is -1.73. The molecule has 7 nitrogen and oxygen atoms in total. The third-order valence-electron chi connectivity index (χ3n) is 4.18. The van der Waals surface area contributed by atoms with E-state index in [0.717, 1.165) is 55.6 Å². The molecular weight excluding hydrogens is 282 g/mol. The minimum Gasteiger partial charge on any atom is -0.384 e. The van der Waals surface area contributed by atoms with Crippen LogP contribution in [0.3, 0.4) is 0 Å². The number of nitrogens with zero attached hydrogens (tertiary/aromatic N) is 4. The van der Waals surface area contributed by atoms with Gasteiger partial charge in [0.1, 0.15) is 0 Å². The van der Waals surface area contributed by atoms with Gasteiger partial charge in [0.25, 0.3) is 0 Å². The SMILES string of the molecule is COCCc1noc([C@@H]2CCCN(Cc3nc[nH]c3C)C2)n1. The maximum Gasteiger partial charge on any atom is 0.231 e. The lowest BCUT2D eigenvalue weighted by Crippen LogP contribution is -2.34. The summed E-state index contributed by atoms with van der Waals surface area (Å²) in [5.74, 6) is 1.81. The van der Waals surface area contributed by atoms with Crippen molar-refractivity contribution in [3.63, 3.8) is 0 Å². The van der Waals surface area contributed by atoms with Gasteiger partial charge in [-0.25, -0.2) is 4.98 Å². The minimum atomic E-state index is 0.316. The molecule has 1 atom stereocenters. The maximum atomic E-state index is 5.44. The molecule has 7 heteroatoms. The van der Waals surface area contributed by atoms with Gasteiger partial charge in [-0.05, 0) is 26.3 Å². The van der Waals surface area contributed by atoms with Crippen LogP contribution < -0.4 is 0 Å². The summed E-state index contributed by atoms with van der Waals surface area (Å²) >= 11 is 0. The fraction of sp³-hybridized carbons (Fsp3) is 0.667. The molecule has 2 aromatic heterocycles. The molecule has 2 aromatic rings. The molecule has 1 saturated heterocycles. The molecule has 0 saturated carbocycles. The monoisotopic (exact) mass is 305 g/mol. The normalized spacial score (nSPS) is 19.6. The van der Waals surface area contributed by atoms with Crippen molar-refractivity contribution in [1.29, 1.82) is 0 Å². The summed E-state index contributed by atoms with van der Waals surface area (Å²) in [7, 11) is 1.68. The van der Waals surface area contributed by atoms with Crippen molar-refractivity contribution in [3.8, 4) is 0 Å². The summed E-state index contributed by atoms with van der Waals surface area (Å²) in [5.41, 5.74) is 2.26. The van der Waals surface area contributed by atoms with Crippen LogP contribution in [-0.2, 0) is 17.7 Å². The number of aryl methyl sites for hydroxylation is 1. The van der Waals surface area contributed by atoms with E-state index in [1.165, 1.54) is 0 Å². The second kappa shape index (κ2) is 7.02. The lowest BCUT2D eigenvalue weighted by Gasteiger charge is -2.30. The number of hydrogen-bond donors (Lipinski definition) is 1. The van der Waals surface area contributed by atoms with Gasteiger partial charge in [0.05, 0.1) is 24.5 Å². The minimum absolute atomic E-state index is 0.316. The van der Waals surface area contributed by atoms with Gasteiger partial charge in [-0.3, -0.25) is 4.90 Å². The number of likely N-dealkylation sites (tertiary alicyclic amines) is 1. The first-order valence-electron chi connectivity index (χ1n) is 7.79. The average molecular weight is 305 g/mol. The van der Waals surface area contributed by atoms with Crippen LogP contribution in [0.5, 0.6) is 0 Å². The van der Waals surface area contributed by atoms with E-state index in [4.69, 9.17) is 9.26 Å². The van der Waals surface area contributed by atoms with E-state index < -0.39 is 0 Å². The summed E-state index contributed by atoms with van der Waals surface area (Å²) in [6.07, 6.45) is 4.70. The molecule has 1 fully saturated rings. The topological polar surface area (TPSA) is 80.1 Å². The molecule has 0 unspecified atom stereocenters. The number of H-pyrrole nitrogens is 1. The van der Waals surface area contributed by atoms with Crippen molar-refractivity contribution in [2.75, 3.05) is 26.8 Å². The van der Waals surface area contributed by atoms with Crippen LogP contribution in [0.25, 0.3) is 0 Å². The Kier molecular flexibility index (Phi) is 4.84. The maximum absolute atomic E-state index is 5.44. The van der Waals surface area contributed by atoms with Crippen molar-refractivity contribution in [1.82, 2.24) is 25.0 Å². The van der Waals surface area contributed by atoms with Gasteiger partial charge >= 0.3 is 0 Å². The Balaban J connectivity index is 1.60. The molecule has 1 aliphatic rings. The van der Waals surface area contributed by atoms with Gasteiger partial charge < -0.3 is 14.2 Å². The molecule has 0 amide bonds. The Morgan fingerprint density at radius 3 is 3.18 bits per heavy atom. The summed E-state index contributed by atoms with van der Waals surface area (Å²) in [5, 5.41) is 4.04. The van der Waals surface area contributed by atoms with E-state index >= 15 is 0 Å². The van der Waals surface area contributed by atoms with Crippen LogP contribution >= 0.6 is 0 Å². The molecule has 0 aliphatic carbocycles. The zero-order chi connectivity index (χ0) is 15.4. The Morgan fingerprint density at radius 2 is 2.41 bits per heavy atom. The van der Waals surface area contributed by atoms with Crippen LogP contribution in [0.15, 0.2) is 10.9 Å². The Labute approximate surface area is 130 Å². The zero-order valence-corrected chi connectivity index (χ0v) is 13.2. The number of aromatic amines is 1. The van der Waals surface area contributed by atoms with Crippen LogP contribution in [0.1, 0.15) is 41.9 Å². The van der Waals surface area contributed by atoms with Crippen molar-refractivity contribution in [3.05, 3.63) is 29.4 Å². The molecule has 3 heterocycles. The number of hydrogen-bond acceptors (Lipinski definition) is 6. The van der Waals surface area contributed by atoms with Gasteiger partial charge in [-0.1, -0.05) is 5.16 Å². The van der Waals surface area contributed by atoms with Gasteiger partial charge in [0.15, 0.2) is 5.82 Å². The highest BCUT2D eigenvalue weighted by Gasteiger charge is 2.26. The highest BCUT2D eigenvalue weighted by atomic mass is 16.5. The summed E-state index contributed by atoms with van der Waals surface area (Å²) in [6.45, 7) is 5.58. The number of rotatable bonds is 6. The van der Waals surface area contributed by atoms with Crippen LogP contribution in [0, 0.1) is 6.92 Å². The predicted molar refractivity (Wildman–Crippen MR) is 80.5 cm³/mol. The summed E-state index contributed by atoms with van der Waals surface area (Å²) < 4.78 is 10.5. The van der Waals surface area contributed by atoms with E-state index in [-0.39, 0.29) is 0 Å². The molecule has 0 spiro atoms. The van der Waals surface area contributed by atoms with Crippen molar-refractivity contribution in [2.24, 2.45) is 0 Å². The van der Waals surface area contributed by atoms with Crippen LogP contribution in [-0.4, -0.2) is 51.8 Å². The van der Waals surface area contributed by atoms with Crippen LogP contribution in [0.2, 0.25) is 0 Å². The quantitative estimate of drug-likeness (QED) is 0.874. The molecule has 120 valence electrons. The first-order chi connectivity index (χ1) is 10.8. The number of piperidine rings is 1. The highest BCUT2D eigenvalue weighted by Crippen LogP contribution is 2.26. The molecule has 0 radical (unpaired) electrons. The van der Waals surface area contributed by atoms with E-state index in [1.54, 1.807) is 13.4 Å². The van der Waals surface area contributed by atoms with E-state index in [0.29, 0.717) is 18.9 Å². The van der Waals surface area contributed by atoms with Gasteiger partial charge in [0, 0.05) is 32.3 Å². The van der Waals surface area contributed by atoms with Gasteiger partial charge in [0.2, 0.25) is 5.89 Å². The highest BCUT2D eigenvalue weighted by molar-refractivity contribution is 5.09. The lowest BCUT2D eigenvalue weighted by atomic mass is 9.98. The molecule has 3 rings (SSSR count). The first-order valence-corrected chi connectivity index (χ1v) is 7.79. The molecule has 0 bridgehead atoms. The zero-order valence-electron chi connectivity index (χ0n) is 13.2. The number of ether oxygens (including phenoxy) is 1. The predicted octanol–water partition coefficient (Wildman–Crippen LogP) is 1.67. The van der Waals surface area contributed by atoms with Crippen molar-refractivity contribution < 1.29 is 9.26 Å². The van der Waals surface area contributed by atoms with Gasteiger partial charge in [-0.2, -0.15) is 4.98 Å². The molecular formula is C15H23N5O2. The average Bonchev–Trinajstić information content (AvgIpc) is 3.15. The fourth-order valence-corrected chi connectivity index (χ4v) is 2.89. The van der Waals surface area contributed by atoms with E-state index in [9.17, 15) is 0 Å². The van der Waals surface area contributed by atoms with E-state index in [1.807, 2.05) is 0 Å². The number of imidazole rings is 1. The van der Waals surface area contributed by atoms with Gasteiger partial charge in [-0.15, -0.1) is 0 Å². The molecule has 0 aromatic carbocycles. The standard InChI is InChI=1S/C15H23N5O2/c1-11-13(17-10-16-11)9-20-6-3-4-12(8-20)15-18-14(19-22-15)5-7-21-2/h10,12H,3-9H2,1-2H3,(H,16,17)/t12-/m1/s1. The second-order valence-corrected chi connectivity index (χ2v) is 5.84. The van der Waals surface area contributed by atoms with Crippen LogP contribution in [0.4, 0.5) is 0 Å². The van der Waals surface area contributed by atoms with Crippen molar-refractivity contribution in [2.45, 2.75) is 38.6 Å². The number of aromatic nitrogens is 4. The molecule has 22 heavy (non-hydrogen) atoms. The molecule has 1 N–H and O–H groups in total. The summed E-state index contributed by atoms with van der Waals surface area (Å²) in [6, 6.07) is 0. The largest absolute Gasteiger partial charge is 0.384 e. The third kappa shape index (κ3) is 3.53. The Morgan fingerprint density at radius 1 is 1.50 bits per heavy atom. The smallest absolute Gasteiger partial charge is 0.231 e. The van der Waals surface area contributed by atoms with Crippen molar-refractivity contribution >= 4 is 0 Å². The first kappa shape index (κ1) is 15.2. The van der Waals surface area contributed by atoms with E-state index in [2.05, 4.69) is 31.9 Å². The summed E-state index contributed by atoms with van der Waals surface area (Å²) in [4.78, 5) is 14.4. The third-order valence-corrected chi connectivity index (χ3v) is 4.18. The molecule has 1 aliphatic heterocycles. The fourth-order valence-electron chi connectivity index (χ4n) is 2.89. The number of nitrogens with one attached hydrogen (secondary N) is 1. The lowest BCUT2D eigenvalue weighted by molar-refractivity contribution is 0.178. The Bertz CT molecular complexity index is 594. The number of methoxy groups -OCH3 is 1. The second-order valence-electron chi connectivity index (χ2n) is 5.84.